The van der Waals surface area contributed by atoms with E-state index < -0.39 is 6.04 Å². The molecule has 0 saturated heterocycles. The molecule has 0 saturated carbocycles. The summed E-state index contributed by atoms with van der Waals surface area (Å²) in [7, 11) is 0. The predicted octanol–water partition coefficient (Wildman–Crippen LogP) is 2.98. The van der Waals surface area contributed by atoms with Crippen molar-refractivity contribution in [1.82, 2.24) is 5.32 Å². The van der Waals surface area contributed by atoms with Gasteiger partial charge in [0.15, 0.2) is 5.78 Å². The lowest BCUT2D eigenvalue weighted by molar-refractivity contribution is -0.118. The van der Waals surface area contributed by atoms with Gasteiger partial charge in [0.1, 0.15) is 0 Å². The molecule has 1 unspecified atom stereocenters. The molecule has 1 heterocycles. The number of hydrogen-bond acceptors (Lipinski definition) is 3. The Morgan fingerprint density at radius 3 is 2.47 bits per heavy atom. The van der Waals surface area contributed by atoms with Gasteiger partial charge in [0, 0.05) is 0 Å². The van der Waals surface area contributed by atoms with Crippen LogP contribution in [0.3, 0.4) is 0 Å². The summed E-state index contributed by atoms with van der Waals surface area (Å²) < 4.78 is 1.62. The van der Waals surface area contributed by atoms with Crippen LogP contribution in [0.15, 0.2) is 13.6 Å². The molecule has 0 aliphatic heterocycles. The Morgan fingerprint density at radius 2 is 2.07 bits per heavy atom. The van der Waals surface area contributed by atoms with Crippen LogP contribution in [0.2, 0.25) is 0 Å². The highest BCUT2D eigenvalue weighted by atomic mass is 79.9. The molecule has 1 amide bonds. The summed E-state index contributed by atoms with van der Waals surface area (Å²) in [5, 5.41) is 2.62. The third-order valence-electron chi connectivity index (χ3n) is 1.86. The second-order valence-electron chi connectivity index (χ2n) is 3.04. The van der Waals surface area contributed by atoms with Crippen molar-refractivity contribution in [3.8, 4) is 0 Å². The number of hydrogen-bond donors (Lipinski definition) is 1. The van der Waals surface area contributed by atoms with Crippen LogP contribution in [0, 0.1) is 0 Å². The van der Waals surface area contributed by atoms with E-state index in [1.54, 1.807) is 13.0 Å². The molecule has 1 aromatic rings. The van der Waals surface area contributed by atoms with E-state index >= 15 is 0 Å². The molecule has 82 valence electrons. The Kier molecular flexibility index (Phi) is 4.48. The monoisotopic (exact) mass is 353 g/mol. The number of ketones is 1. The van der Waals surface area contributed by atoms with Gasteiger partial charge in [0.05, 0.1) is 19.2 Å². The zero-order valence-electron chi connectivity index (χ0n) is 8.14. The van der Waals surface area contributed by atoms with Gasteiger partial charge in [-0.25, -0.2) is 0 Å². The number of carbonyl (C=O) groups is 2. The predicted molar refractivity (Wildman–Crippen MR) is 67.3 cm³/mol. The number of Topliss-reactive ketones (excluding diaryl/α,β-unsaturated/α-hetero) is 1. The number of halogens is 2. The van der Waals surface area contributed by atoms with E-state index in [0.29, 0.717) is 5.56 Å². The Morgan fingerprint density at radius 1 is 1.47 bits per heavy atom. The molecule has 0 spiro atoms. The molecule has 0 aromatic carbocycles. The van der Waals surface area contributed by atoms with Crippen molar-refractivity contribution in [3.05, 3.63) is 19.2 Å². The van der Waals surface area contributed by atoms with E-state index in [2.05, 4.69) is 37.2 Å². The first-order chi connectivity index (χ1) is 6.91. The van der Waals surface area contributed by atoms with Crippen molar-refractivity contribution in [1.29, 1.82) is 0 Å². The van der Waals surface area contributed by atoms with E-state index in [1.165, 1.54) is 18.3 Å². The van der Waals surface area contributed by atoms with Crippen LogP contribution in [0.1, 0.15) is 24.2 Å². The maximum absolute atomic E-state index is 11.7. The van der Waals surface area contributed by atoms with Gasteiger partial charge in [-0.2, -0.15) is 0 Å². The largest absolute Gasteiger partial charge is 0.342 e. The van der Waals surface area contributed by atoms with Crippen LogP contribution in [0.4, 0.5) is 0 Å². The fraction of sp³-hybridized carbons (Fsp3) is 0.333. The molecule has 6 heteroatoms. The number of thiophene rings is 1. The molecule has 0 bridgehead atoms. The molecule has 0 aliphatic rings. The number of rotatable bonds is 3. The summed E-state index contributed by atoms with van der Waals surface area (Å²) in [6, 6.07) is 1.26. The lowest BCUT2D eigenvalue weighted by Gasteiger charge is -2.09. The smallest absolute Gasteiger partial charge is 0.253 e. The van der Waals surface area contributed by atoms with Crippen molar-refractivity contribution in [2.45, 2.75) is 19.9 Å². The molecule has 3 nitrogen and oxygen atoms in total. The molecule has 1 rings (SSSR count). The summed E-state index contributed by atoms with van der Waals surface area (Å²) in [6.45, 7) is 3.11. The van der Waals surface area contributed by atoms with Gasteiger partial charge >= 0.3 is 0 Å². The maximum atomic E-state index is 11.7. The number of nitrogens with one attached hydrogen (secondary N) is 1. The topological polar surface area (TPSA) is 46.2 Å². The van der Waals surface area contributed by atoms with Gasteiger partial charge in [-0.15, -0.1) is 11.3 Å². The van der Waals surface area contributed by atoms with Gasteiger partial charge in [0.2, 0.25) is 0 Å². The molecule has 0 radical (unpaired) electrons. The lowest BCUT2D eigenvalue weighted by atomic mass is 10.2. The fourth-order valence-corrected chi connectivity index (χ4v) is 3.66. The maximum Gasteiger partial charge on any atom is 0.253 e. The third kappa shape index (κ3) is 3.39. The molecule has 0 fully saturated rings. The normalized spacial score (nSPS) is 12.3. The molecule has 1 aromatic heterocycles. The quantitative estimate of drug-likeness (QED) is 0.906. The lowest BCUT2D eigenvalue weighted by Crippen LogP contribution is -2.37. The van der Waals surface area contributed by atoms with Crippen molar-refractivity contribution in [2.24, 2.45) is 0 Å². The van der Waals surface area contributed by atoms with Crippen LogP contribution < -0.4 is 5.32 Å². The minimum Gasteiger partial charge on any atom is -0.342 e. The molecule has 1 atom stereocenters. The van der Waals surface area contributed by atoms with Crippen LogP contribution in [-0.4, -0.2) is 17.7 Å². The first-order valence-electron chi connectivity index (χ1n) is 4.18. The van der Waals surface area contributed by atoms with E-state index in [9.17, 15) is 9.59 Å². The Hall–Kier alpha value is -0.200. The first kappa shape index (κ1) is 12.9. The highest BCUT2D eigenvalue weighted by Gasteiger charge is 2.17. The van der Waals surface area contributed by atoms with Crippen LogP contribution in [-0.2, 0) is 4.79 Å². The van der Waals surface area contributed by atoms with Crippen molar-refractivity contribution in [2.75, 3.05) is 0 Å². The van der Waals surface area contributed by atoms with Gasteiger partial charge < -0.3 is 5.32 Å². The van der Waals surface area contributed by atoms with Crippen molar-refractivity contribution >= 4 is 54.9 Å². The number of carbonyl (C=O) groups excluding carboxylic acids is 2. The summed E-state index contributed by atoms with van der Waals surface area (Å²) in [5.41, 5.74) is 0.542. The van der Waals surface area contributed by atoms with E-state index in [0.717, 1.165) is 7.57 Å². The average Bonchev–Trinajstić information content (AvgIpc) is 2.44. The van der Waals surface area contributed by atoms with Gasteiger partial charge in [-0.3, -0.25) is 9.59 Å². The number of amides is 1. The van der Waals surface area contributed by atoms with Gasteiger partial charge in [0.25, 0.3) is 5.91 Å². The Balaban J connectivity index is 2.77. The molecular weight excluding hydrogens is 346 g/mol. The average molecular weight is 355 g/mol. The van der Waals surface area contributed by atoms with Crippen LogP contribution in [0.25, 0.3) is 0 Å². The zero-order chi connectivity index (χ0) is 11.6. The minimum atomic E-state index is -0.455. The van der Waals surface area contributed by atoms with Crippen LogP contribution in [0.5, 0.6) is 0 Å². The molecule has 1 N–H and O–H groups in total. The fourth-order valence-electron chi connectivity index (χ4n) is 0.871. The van der Waals surface area contributed by atoms with E-state index in [4.69, 9.17) is 0 Å². The summed E-state index contributed by atoms with van der Waals surface area (Å²) in [4.78, 5) is 22.7. The van der Waals surface area contributed by atoms with Gasteiger partial charge in [-0.05, 0) is 51.8 Å². The first-order valence-corrected chi connectivity index (χ1v) is 6.58. The van der Waals surface area contributed by atoms with Crippen LogP contribution >= 0.6 is 43.2 Å². The summed E-state index contributed by atoms with van der Waals surface area (Å²) in [5.74, 6) is -0.305. The highest BCUT2D eigenvalue weighted by molar-refractivity contribution is 9.12. The highest BCUT2D eigenvalue weighted by Crippen LogP contribution is 2.31. The van der Waals surface area contributed by atoms with E-state index in [-0.39, 0.29) is 11.7 Å². The van der Waals surface area contributed by atoms with Crippen molar-refractivity contribution < 1.29 is 9.59 Å². The summed E-state index contributed by atoms with van der Waals surface area (Å²) in [6.07, 6.45) is 0. The Labute approximate surface area is 109 Å². The van der Waals surface area contributed by atoms with Gasteiger partial charge in [-0.1, -0.05) is 0 Å². The molecule has 0 aliphatic carbocycles. The molecular formula is C9H9Br2NO2S. The van der Waals surface area contributed by atoms with E-state index in [1.807, 2.05) is 0 Å². The third-order valence-corrected chi connectivity index (χ3v) is 4.20. The van der Waals surface area contributed by atoms with Crippen molar-refractivity contribution in [3.63, 3.8) is 0 Å². The zero-order valence-corrected chi connectivity index (χ0v) is 12.1. The standard InChI is InChI=1S/C9H9Br2NO2S/c1-4(5(2)13)12-9(14)6-3-7(10)15-8(6)11/h3-4H,1-2H3,(H,12,14). The SMILES string of the molecule is CC(=O)C(C)NC(=O)c1cc(Br)sc1Br. The second kappa shape index (κ2) is 5.23. The Bertz CT molecular complexity index is 403. The molecule has 15 heavy (non-hydrogen) atoms. The minimum absolute atomic E-state index is 0.0613. The summed E-state index contributed by atoms with van der Waals surface area (Å²) >= 11 is 8.00. The second-order valence-corrected chi connectivity index (χ2v) is 6.79.